The Morgan fingerprint density at radius 1 is 0.742 bits per heavy atom. The van der Waals surface area contributed by atoms with Gasteiger partial charge >= 0.3 is 0 Å². The summed E-state index contributed by atoms with van der Waals surface area (Å²) in [6.07, 6.45) is 8.45. The second-order valence-electron chi connectivity index (χ2n) is 7.99. The van der Waals surface area contributed by atoms with Gasteiger partial charge in [0.2, 0.25) is 0 Å². The molecule has 2 aliphatic heterocycles. The molecule has 0 aromatic heterocycles. The zero-order valence-corrected chi connectivity index (χ0v) is 19.0. The van der Waals surface area contributed by atoms with Gasteiger partial charge < -0.3 is 0 Å². The lowest BCUT2D eigenvalue weighted by molar-refractivity contribution is 0.311. The molecule has 0 amide bonds. The third-order valence-electron chi connectivity index (χ3n) is 6.17. The number of alkyl halides is 1. The summed E-state index contributed by atoms with van der Waals surface area (Å²) in [5.74, 6) is 0.272. The summed E-state index contributed by atoms with van der Waals surface area (Å²) >= 11 is 3.90. The van der Waals surface area contributed by atoms with Crippen LogP contribution in [-0.2, 0) is 11.1 Å². The fourth-order valence-corrected chi connectivity index (χ4v) is 5.29. The molecule has 6 nitrogen and oxygen atoms in total. The highest BCUT2D eigenvalue weighted by atomic mass is 79.9. The third kappa shape index (κ3) is 4.28. The molecule has 2 heterocycles. The van der Waals surface area contributed by atoms with Gasteiger partial charge in [0.1, 0.15) is 5.54 Å². The molecule has 0 aliphatic carbocycles. The van der Waals surface area contributed by atoms with Crippen molar-refractivity contribution in [3.8, 4) is 0 Å². The van der Waals surface area contributed by atoms with E-state index in [-0.39, 0.29) is 10.7 Å². The first kappa shape index (κ1) is 21.7. The summed E-state index contributed by atoms with van der Waals surface area (Å²) in [4.78, 5) is 0.0874. The van der Waals surface area contributed by atoms with Gasteiger partial charge in [-0.2, -0.15) is 10.2 Å². The van der Waals surface area contributed by atoms with E-state index in [1.165, 1.54) is 0 Å². The topological polar surface area (TPSA) is 74.2 Å². The first-order chi connectivity index (χ1) is 15.2. The minimum absolute atomic E-state index is 0.0874. The van der Waals surface area contributed by atoms with Crippen LogP contribution in [0.4, 0.5) is 0 Å². The van der Waals surface area contributed by atoms with E-state index < -0.39 is 11.1 Å². The number of hydrogen-bond donors (Lipinski definition) is 0. The zero-order chi connectivity index (χ0) is 21.6. The molecule has 4 atom stereocenters. The smallest absolute Gasteiger partial charge is 0.151 e. The Labute approximate surface area is 191 Å². The molecule has 4 rings (SSSR count). The molecule has 2 aromatic rings. The van der Waals surface area contributed by atoms with Gasteiger partial charge in [-0.05, 0) is 46.8 Å². The number of halogens is 1. The molecule has 4 unspecified atom stereocenters. The Hall–Kier alpha value is -2.54. The summed E-state index contributed by atoms with van der Waals surface area (Å²) in [7, 11) is 0. The van der Waals surface area contributed by atoms with E-state index in [1.54, 1.807) is 0 Å². The van der Waals surface area contributed by atoms with Crippen LogP contribution in [0.3, 0.4) is 0 Å². The maximum Gasteiger partial charge on any atom is 0.158 e. The molecular weight excluding hydrogens is 452 g/mol. The highest BCUT2D eigenvalue weighted by Crippen LogP contribution is 2.42. The van der Waals surface area contributed by atoms with E-state index >= 15 is 0 Å². The van der Waals surface area contributed by atoms with E-state index in [0.29, 0.717) is 0 Å². The summed E-state index contributed by atoms with van der Waals surface area (Å²) < 4.78 is 0. The van der Waals surface area contributed by atoms with E-state index in [1.807, 2.05) is 48.8 Å². The molecule has 31 heavy (non-hydrogen) atoms. The van der Waals surface area contributed by atoms with Gasteiger partial charge in [0.25, 0.3) is 0 Å². The molecule has 2 aromatic carbocycles. The SMILES string of the molecule is [CH2]CCC(CCCC(Br)C1(c2ccccc2)C=NN=N1)C1(c2ccccc2)C=NN=N1. The van der Waals surface area contributed by atoms with Crippen LogP contribution in [0.15, 0.2) is 91.5 Å². The van der Waals surface area contributed by atoms with Crippen LogP contribution in [0.5, 0.6) is 0 Å². The molecule has 0 spiro atoms. The molecule has 0 saturated carbocycles. The fourth-order valence-electron chi connectivity index (χ4n) is 4.50. The van der Waals surface area contributed by atoms with Crippen LogP contribution in [0.1, 0.15) is 43.2 Å². The normalized spacial score (nSPS) is 25.9. The summed E-state index contributed by atoms with van der Waals surface area (Å²) in [5, 5.41) is 25.2. The summed E-state index contributed by atoms with van der Waals surface area (Å²) in [6.45, 7) is 4.11. The third-order valence-corrected chi connectivity index (χ3v) is 7.32. The Morgan fingerprint density at radius 3 is 1.81 bits per heavy atom. The van der Waals surface area contributed by atoms with Gasteiger partial charge in [-0.15, -0.1) is 10.2 Å². The van der Waals surface area contributed by atoms with Crippen LogP contribution in [-0.4, -0.2) is 17.3 Å². The average Bonchev–Trinajstić information content (AvgIpc) is 3.51. The zero-order valence-electron chi connectivity index (χ0n) is 17.4. The molecule has 0 saturated heterocycles. The van der Waals surface area contributed by atoms with E-state index in [9.17, 15) is 0 Å². The first-order valence-electron chi connectivity index (χ1n) is 10.7. The lowest BCUT2D eigenvalue weighted by Gasteiger charge is -2.33. The largest absolute Gasteiger partial charge is 0.158 e. The molecule has 0 bridgehead atoms. The van der Waals surface area contributed by atoms with Crippen LogP contribution in [0.2, 0.25) is 0 Å². The van der Waals surface area contributed by atoms with Crippen molar-refractivity contribution in [2.24, 2.45) is 36.8 Å². The number of nitrogens with zero attached hydrogens (tertiary/aromatic N) is 6. The number of rotatable bonds is 10. The van der Waals surface area contributed by atoms with Crippen molar-refractivity contribution in [3.63, 3.8) is 0 Å². The van der Waals surface area contributed by atoms with Gasteiger partial charge in [-0.25, -0.2) is 0 Å². The second-order valence-corrected chi connectivity index (χ2v) is 9.09. The first-order valence-corrected chi connectivity index (χ1v) is 11.6. The highest BCUT2D eigenvalue weighted by Gasteiger charge is 2.43. The van der Waals surface area contributed by atoms with Crippen LogP contribution >= 0.6 is 15.9 Å². The molecule has 159 valence electrons. The lowest BCUT2D eigenvalue weighted by atomic mass is 9.74. The van der Waals surface area contributed by atoms with Crippen molar-refractivity contribution >= 4 is 28.4 Å². The second kappa shape index (κ2) is 9.73. The monoisotopic (exact) mass is 477 g/mol. The van der Waals surface area contributed by atoms with Gasteiger partial charge in [0.05, 0.1) is 17.3 Å². The maximum absolute atomic E-state index is 4.60. The van der Waals surface area contributed by atoms with Crippen molar-refractivity contribution in [1.82, 2.24) is 0 Å². The van der Waals surface area contributed by atoms with Crippen LogP contribution in [0.25, 0.3) is 0 Å². The van der Waals surface area contributed by atoms with Crippen molar-refractivity contribution in [3.05, 3.63) is 78.7 Å². The maximum atomic E-state index is 4.60. The fraction of sp³-hybridized carbons (Fsp3) is 0.375. The molecule has 1 radical (unpaired) electrons. The van der Waals surface area contributed by atoms with Crippen molar-refractivity contribution in [1.29, 1.82) is 0 Å². The summed E-state index contributed by atoms with van der Waals surface area (Å²) in [5.41, 5.74) is 1.15. The molecule has 2 aliphatic rings. The van der Waals surface area contributed by atoms with Gasteiger partial charge in [0.15, 0.2) is 5.54 Å². The van der Waals surface area contributed by atoms with Crippen molar-refractivity contribution in [2.75, 3.05) is 0 Å². The molecule has 0 N–H and O–H groups in total. The number of hydrogen-bond acceptors (Lipinski definition) is 6. The van der Waals surface area contributed by atoms with E-state index in [2.05, 4.69) is 78.0 Å². The lowest BCUT2D eigenvalue weighted by Crippen LogP contribution is -2.35. The minimum atomic E-state index is -0.561. The van der Waals surface area contributed by atoms with Crippen molar-refractivity contribution in [2.45, 2.75) is 48.0 Å². The van der Waals surface area contributed by atoms with Crippen molar-refractivity contribution < 1.29 is 0 Å². The van der Waals surface area contributed by atoms with Crippen LogP contribution < -0.4 is 0 Å². The highest BCUT2D eigenvalue weighted by molar-refractivity contribution is 9.09. The van der Waals surface area contributed by atoms with Gasteiger partial charge in [-0.3, -0.25) is 0 Å². The van der Waals surface area contributed by atoms with E-state index in [0.717, 1.165) is 43.2 Å². The van der Waals surface area contributed by atoms with E-state index in [4.69, 9.17) is 0 Å². The quantitative estimate of drug-likeness (QED) is 0.335. The number of benzene rings is 2. The molecule has 7 heteroatoms. The summed E-state index contributed by atoms with van der Waals surface area (Å²) in [6, 6.07) is 20.5. The predicted molar refractivity (Wildman–Crippen MR) is 128 cm³/mol. The average molecular weight is 478 g/mol. The molecule has 0 fully saturated rings. The Kier molecular flexibility index (Phi) is 6.80. The standard InChI is InChI=1S/C24H26BrN6/c1-2-10-19(23(17-26-30-28-23)20-11-5-3-6-12-20)15-9-16-22(25)24(18-27-31-29-24)21-13-7-4-8-14-21/h3-8,11-14,17-19,22H,1-2,9-10,15-16H2. The Balaban J connectivity index is 1.49. The Bertz CT molecular complexity index is 946. The Morgan fingerprint density at radius 2 is 1.29 bits per heavy atom. The van der Waals surface area contributed by atoms with Gasteiger partial charge in [-0.1, -0.05) is 96.4 Å². The van der Waals surface area contributed by atoms with Crippen LogP contribution in [0, 0.1) is 12.8 Å². The predicted octanol–water partition coefficient (Wildman–Crippen LogP) is 6.84. The minimum Gasteiger partial charge on any atom is -0.151 e. The molecular formula is C24H26BrN6. The van der Waals surface area contributed by atoms with Gasteiger partial charge in [0, 0.05) is 0 Å².